The van der Waals surface area contributed by atoms with Gasteiger partial charge in [0.15, 0.2) is 0 Å². The molecule has 2 heterocycles. The van der Waals surface area contributed by atoms with Crippen LogP contribution >= 0.6 is 0 Å². The fourth-order valence-electron chi connectivity index (χ4n) is 2.74. The van der Waals surface area contributed by atoms with Gasteiger partial charge in [0, 0.05) is 20.2 Å². The fourth-order valence-corrected chi connectivity index (χ4v) is 2.74. The molecule has 1 amide bonds. The summed E-state index contributed by atoms with van der Waals surface area (Å²) in [7, 11) is 3.77. The number of nitrogens with zero attached hydrogens (tertiary/aromatic N) is 2. The largest absolute Gasteiger partial charge is 0.378 e. The molecule has 0 unspecified atom stereocenters. The molecule has 0 bridgehead atoms. The van der Waals surface area contributed by atoms with E-state index in [0.29, 0.717) is 6.54 Å². The van der Waals surface area contributed by atoms with Crippen molar-refractivity contribution in [3.63, 3.8) is 0 Å². The summed E-state index contributed by atoms with van der Waals surface area (Å²) in [5.41, 5.74) is 0. The number of hydrogen-bond acceptors (Lipinski definition) is 4. The number of ether oxygens (including phenoxy) is 1. The van der Waals surface area contributed by atoms with E-state index in [-0.39, 0.29) is 18.1 Å². The van der Waals surface area contributed by atoms with E-state index < -0.39 is 0 Å². The van der Waals surface area contributed by atoms with Crippen LogP contribution in [0.4, 0.5) is 0 Å². The Labute approximate surface area is 103 Å². The van der Waals surface area contributed by atoms with Gasteiger partial charge in [0.25, 0.3) is 0 Å². The summed E-state index contributed by atoms with van der Waals surface area (Å²) in [5.74, 6) is 0.134. The second-order valence-electron chi connectivity index (χ2n) is 5.15. The van der Waals surface area contributed by atoms with Crippen molar-refractivity contribution in [2.24, 2.45) is 0 Å². The normalized spacial score (nSPS) is 30.9. The Balaban J connectivity index is 1.77. The van der Waals surface area contributed by atoms with E-state index in [1.54, 1.807) is 7.11 Å². The molecule has 5 nitrogen and oxygen atoms in total. The molecule has 0 radical (unpaired) electrons. The zero-order chi connectivity index (χ0) is 12.3. The minimum absolute atomic E-state index is 0.127. The van der Waals surface area contributed by atoms with E-state index in [2.05, 4.69) is 22.2 Å². The van der Waals surface area contributed by atoms with Gasteiger partial charge >= 0.3 is 0 Å². The van der Waals surface area contributed by atoms with Crippen molar-refractivity contribution in [3.05, 3.63) is 0 Å². The molecule has 2 aliphatic rings. The summed E-state index contributed by atoms with van der Waals surface area (Å²) in [4.78, 5) is 16.3. The molecule has 0 saturated carbocycles. The van der Waals surface area contributed by atoms with Crippen molar-refractivity contribution in [3.8, 4) is 0 Å². The topological polar surface area (TPSA) is 44.8 Å². The van der Waals surface area contributed by atoms with Gasteiger partial charge in [-0.15, -0.1) is 0 Å². The quantitative estimate of drug-likeness (QED) is 0.722. The van der Waals surface area contributed by atoms with Gasteiger partial charge in [-0.1, -0.05) is 0 Å². The third-order valence-corrected chi connectivity index (χ3v) is 3.66. The second kappa shape index (κ2) is 5.80. The molecule has 0 aliphatic carbocycles. The Morgan fingerprint density at radius 2 is 2.06 bits per heavy atom. The number of amides is 1. The molecule has 0 spiro atoms. The Bertz CT molecular complexity index is 266. The molecule has 2 aliphatic heterocycles. The average molecular weight is 241 g/mol. The van der Waals surface area contributed by atoms with Crippen LogP contribution < -0.4 is 5.32 Å². The van der Waals surface area contributed by atoms with Crippen LogP contribution in [0.15, 0.2) is 0 Å². The van der Waals surface area contributed by atoms with Crippen LogP contribution in [0.2, 0.25) is 0 Å². The number of hydrogen-bond donors (Lipinski definition) is 1. The summed E-state index contributed by atoms with van der Waals surface area (Å²) < 4.78 is 5.40. The van der Waals surface area contributed by atoms with Crippen LogP contribution in [-0.2, 0) is 9.53 Å². The van der Waals surface area contributed by atoms with Gasteiger partial charge in [-0.2, -0.15) is 0 Å². The number of likely N-dealkylation sites (N-methyl/N-ethyl adjacent to an activating group) is 1. The van der Waals surface area contributed by atoms with Crippen molar-refractivity contribution in [2.75, 3.05) is 46.9 Å². The predicted molar refractivity (Wildman–Crippen MR) is 65.9 cm³/mol. The van der Waals surface area contributed by atoms with Gasteiger partial charge in [-0.05, 0) is 33.0 Å². The van der Waals surface area contributed by atoms with E-state index in [1.807, 2.05) is 0 Å². The van der Waals surface area contributed by atoms with Crippen LogP contribution in [-0.4, -0.2) is 74.7 Å². The lowest BCUT2D eigenvalue weighted by Crippen LogP contribution is -2.47. The Hall–Kier alpha value is -0.650. The monoisotopic (exact) mass is 241 g/mol. The molecule has 0 aromatic rings. The first kappa shape index (κ1) is 12.8. The lowest BCUT2D eigenvalue weighted by atomic mass is 10.2. The maximum Gasteiger partial charge on any atom is 0.234 e. The molecule has 2 rings (SSSR count). The lowest BCUT2D eigenvalue weighted by molar-refractivity contribution is -0.123. The highest BCUT2D eigenvalue weighted by molar-refractivity contribution is 5.78. The number of rotatable bonds is 4. The van der Waals surface area contributed by atoms with Gasteiger partial charge in [0.05, 0.1) is 18.7 Å². The first-order valence-electron chi connectivity index (χ1n) is 6.42. The summed E-state index contributed by atoms with van der Waals surface area (Å²) in [5, 5.41) is 3.09. The Morgan fingerprint density at radius 1 is 1.35 bits per heavy atom. The standard InChI is InChI=1S/C12H23N3O2/c1-14-7-10(11(8-14)17-2)13-12(16)9-15-5-3-4-6-15/h10-11H,3-9H2,1-2H3,(H,13,16)/t10-,11-/m0/s1. The predicted octanol–water partition coefficient (Wildman–Crippen LogP) is -0.473. The lowest BCUT2D eigenvalue weighted by Gasteiger charge is -2.20. The zero-order valence-corrected chi connectivity index (χ0v) is 10.8. The molecule has 0 aromatic carbocycles. The molecular weight excluding hydrogens is 218 g/mol. The van der Waals surface area contributed by atoms with E-state index in [0.717, 1.165) is 26.2 Å². The minimum Gasteiger partial charge on any atom is -0.378 e. The van der Waals surface area contributed by atoms with E-state index in [4.69, 9.17) is 4.74 Å². The molecule has 0 aromatic heterocycles. The fraction of sp³-hybridized carbons (Fsp3) is 0.917. The SMILES string of the molecule is CO[C@H]1CN(C)C[C@@H]1NC(=O)CN1CCCC1. The number of likely N-dealkylation sites (tertiary alicyclic amines) is 2. The molecular formula is C12H23N3O2. The van der Waals surface area contributed by atoms with Gasteiger partial charge in [0.2, 0.25) is 5.91 Å². The van der Waals surface area contributed by atoms with E-state index in [1.165, 1.54) is 12.8 Å². The van der Waals surface area contributed by atoms with Gasteiger partial charge in [-0.3, -0.25) is 9.69 Å². The second-order valence-corrected chi connectivity index (χ2v) is 5.15. The smallest absolute Gasteiger partial charge is 0.234 e. The minimum atomic E-state index is 0.127. The highest BCUT2D eigenvalue weighted by Crippen LogP contribution is 2.11. The molecule has 1 N–H and O–H groups in total. The summed E-state index contributed by atoms with van der Waals surface area (Å²) in [6.07, 6.45) is 2.57. The third-order valence-electron chi connectivity index (χ3n) is 3.66. The zero-order valence-electron chi connectivity index (χ0n) is 10.8. The van der Waals surface area contributed by atoms with Crippen molar-refractivity contribution in [2.45, 2.75) is 25.0 Å². The molecule has 2 fully saturated rings. The van der Waals surface area contributed by atoms with Crippen LogP contribution in [0.5, 0.6) is 0 Å². The maximum atomic E-state index is 11.9. The highest BCUT2D eigenvalue weighted by atomic mass is 16.5. The molecule has 17 heavy (non-hydrogen) atoms. The van der Waals surface area contributed by atoms with Crippen molar-refractivity contribution < 1.29 is 9.53 Å². The van der Waals surface area contributed by atoms with Crippen molar-refractivity contribution >= 4 is 5.91 Å². The van der Waals surface area contributed by atoms with Crippen LogP contribution in [0.25, 0.3) is 0 Å². The Morgan fingerprint density at radius 3 is 2.71 bits per heavy atom. The van der Waals surface area contributed by atoms with E-state index >= 15 is 0 Å². The third kappa shape index (κ3) is 3.40. The number of carbonyl (C=O) groups is 1. The van der Waals surface area contributed by atoms with Gasteiger partial charge in [0.1, 0.15) is 0 Å². The molecule has 2 saturated heterocycles. The van der Waals surface area contributed by atoms with Crippen LogP contribution in [0, 0.1) is 0 Å². The van der Waals surface area contributed by atoms with Crippen LogP contribution in [0.3, 0.4) is 0 Å². The first-order chi connectivity index (χ1) is 8.19. The summed E-state index contributed by atoms with van der Waals surface area (Å²) >= 11 is 0. The summed E-state index contributed by atoms with van der Waals surface area (Å²) in [6, 6.07) is 0.139. The number of nitrogens with one attached hydrogen (secondary N) is 1. The van der Waals surface area contributed by atoms with Gasteiger partial charge in [-0.25, -0.2) is 0 Å². The molecule has 98 valence electrons. The number of carbonyl (C=O) groups excluding carboxylic acids is 1. The van der Waals surface area contributed by atoms with Crippen molar-refractivity contribution in [1.29, 1.82) is 0 Å². The number of methoxy groups -OCH3 is 1. The Kier molecular flexibility index (Phi) is 4.36. The molecule has 5 heteroatoms. The van der Waals surface area contributed by atoms with E-state index in [9.17, 15) is 4.79 Å². The highest BCUT2D eigenvalue weighted by Gasteiger charge is 2.32. The van der Waals surface area contributed by atoms with Crippen molar-refractivity contribution in [1.82, 2.24) is 15.1 Å². The average Bonchev–Trinajstić information content (AvgIpc) is 2.88. The van der Waals surface area contributed by atoms with Gasteiger partial charge < -0.3 is 15.0 Å². The van der Waals surface area contributed by atoms with Crippen LogP contribution in [0.1, 0.15) is 12.8 Å². The first-order valence-corrected chi connectivity index (χ1v) is 6.42. The molecule has 2 atom stereocenters. The summed E-state index contributed by atoms with van der Waals surface area (Å²) in [6.45, 7) is 4.43. The maximum absolute atomic E-state index is 11.9.